The summed E-state index contributed by atoms with van der Waals surface area (Å²) in [6.45, 7) is 7.41. The number of anilines is 2. The molecule has 29 heavy (non-hydrogen) atoms. The largest absolute Gasteiger partial charge is 0.352 e. The van der Waals surface area contributed by atoms with Gasteiger partial charge >= 0.3 is 0 Å². The van der Waals surface area contributed by atoms with Crippen molar-refractivity contribution < 1.29 is 4.79 Å². The zero-order valence-electron chi connectivity index (χ0n) is 17.3. The zero-order chi connectivity index (χ0) is 20.8. The lowest BCUT2D eigenvalue weighted by Gasteiger charge is -2.25. The number of aromatic nitrogens is 2. The molecular formula is C23H28N4O2. The van der Waals surface area contributed by atoms with Crippen LogP contribution >= 0.6 is 0 Å². The highest BCUT2D eigenvalue weighted by Crippen LogP contribution is 2.20. The van der Waals surface area contributed by atoms with Crippen LogP contribution in [0.3, 0.4) is 0 Å². The Bertz CT molecular complexity index is 1020. The predicted molar refractivity (Wildman–Crippen MR) is 119 cm³/mol. The average molecular weight is 393 g/mol. The molecule has 152 valence electrons. The summed E-state index contributed by atoms with van der Waals surface area (Å²) in [7, 11) is 0. The van der Waals surface area contributed by atoms with Gasteiger partial charge in [0.2, 0.25) is 5.91 Å². The molecular weight excluding hydrogens is 364 g/mol. The molecule has 0 aliphatic rings. The van der Waals surface area contributed by atoms with Gasteiger partial charge in [0.15, 0.2) is 5.82 Å². The first-order chi connectivity index (χ1) is 14.1. The van der Waals surface area contributed by atoms with E-state index in [4.69, 9.17) is 0 Å². The molecule has 6 nitrogen and oxygen atoms in total. The van der Waals surface area contributed by atoms with E-state index in [1.807, 2.05) is 59.5 Å². The SMILES string of the molecule is CCCN(CCC)c1nc2ccccc2n([C@@H](C)C(=O)Nc2ccccc2)c1=O. The lowest BCUT2D eigenvalue weighted by molar-refractivity contribution is -0.118. The van der Waals surface area contributed by atoms with E-state index in [9.17, 15) is 9.59 Å². The van der Waals surface area contributed by atoms with Crippen LogP contribution in [0.2, 0.25) is 0 Å². The van der Waals surface area contributed by atoms with Gasteiger partial charge in [0.05, 0.1) is 11.0 Å². The molecule has 1 heterocycles. The summed E-state index contributed by atoms with van der Waals surface area (Å²) < 4.78 is 1.56. The Morgan fingerprint density at radius 1 is 1.03 bits per heavy atom. The molecule has 0 radical (unpaired) electrons. The molecule has 3 rings (SSSR count). The summed E-state index contributed by atoms with van der Waals surface area (Å²) in [5, 5.41) is 2.90. The van der Waals surface area contributed by atoms with Crippen molar-refractivity contribution in [2.75, 3.05) is 23.3 Å². The fraction of sp³-hybridized carbons (Fsp3) is 0.348. The predicted octanol–water partition coefficient (Wildman–Crippen LogP) is 4.22. The Morgan fingerprint density at radius 3 is 2.31 bits per heavy atom. The fourth-order valence-electron chi connectivity index (χ4n) is 3.48. The third-order valence-electron chi connectivity index (χ3n) is 4.87. The van der Waals surface area contributed by atoms with Crippen molar-refractivity contribution in [3.63, 3.8) is 0 Å². The van der Waals surface area contributed by atoms with Crippen molar-refractivity contribution in [2.45, 2.75) is 39.7 Å². The molecule has 2 aromatic carbocycles. The summed E-state index contributed by atoms with van der Waals surface area (Å²) in [6.07, 6.45) is 1.83. The smallest absolute Gasteiger partial charge is 0.294 e. The highest BCUT2D eigenvalue weighted by Gasteiger charge is 2.23. The maximum absolute atomic E-state index is 13.5. The summed E-state index contributed by atoms with van der Waals surface area (Å²) in [4.78, 5) is 33.1. The van der Waals surface area contributed by atoms with E-state index in [2.05, 4.69) is 24.1 Å². The summed E-state index contributed by atoms with van der Waals surface area (Å²) in [5.41, 5.74) is 1.83. The van der Waals surface area contributed by atoms with Gasteiger partial charge in [-0.15, -0.1) is 0 Å². The van der Waals surface area contributed by atoms with Crippen LogP contribution < -0.4 is 15.8 Å². The van der Waals surface area contributed by atoms with Gasteiger partial charge in [0, 0.05) is 18.8 Å². The Balaban J connectivity index is 2.08. The number of para-hydroxylation sites is 3. The van der Waals surface area contributed by atoms with Gasteiger partial charge < -0.3 is 10.2 Å². The quantitative estimate of drug-likeness (QED) is 0.623. The molecule has 0 spiro atoms. The normalized spacial score (nSPS) is 12.0. The van der Waals surface area contributed by atoms with E-state index < -0.39 is 6.04 Å². The number of hydrogen-bond donors (Lipinski definition) is 1. The number of carbonyl (C=O) groups is 1. The minimum Gasteiger partial charge on any atom is -0.352 e. The molecule has 1 atom stereocenters. The highest BCUT2D eigenvalue weighted by molar-refractivity contribution is 5.94. The number of hydrogen-bond acceptors (Lipinski definition) is 4. The van der Waals surface area contributed by atoms with Crippen LogP contribution in [-0.4, -0.2) is 28.5 Å². The maximum atomic E-state index is 13.5. The van der Waals surface area contributed by atoms with Gasteiger partial charge in [-0.05, 0) is 44.0 Å². The van der Waals surface area contributed by atoms with Crippen molar-refractivity contribution in [1.82, 2.24) is 9.55 Å². The Kier molecular flexibility index (Phi) is 6.65. The molecule has 3 aromatic rings. The first kappa shape index (κ1) is 20.6. The van der Waals surface area contributed by atoms with Gasteiger partial charge in [-0.2, -0.15) is 0 Å². The second-order valence-electron chi connectivity index (χ2n) is 7.12. The second-order valence-corrected chi connectivity index (χ2v) is 7.12. The van der Waals surface area contributed by atoms with Gasteiger partial charge in [-0.3, -0.25) is 14.2 Å². The standard InChI is InChI=1S/C23H28N4O2/c1-4-15-26(16-5-2)21-23(29)27(20-14-10-9-13-19(20)25-21)17(3)22(28)24-18-11-7-6-8-12-18/h6-14,17H,4-5,15-16H2,1-3H3,(H,24,28)/t17-/m0/s1. The zero-order valence-corrected chi connectivity index (χ0v) is 17.3. The van der Waals surface area contributed by atoms with Crippen molar-refractivity contribution in [2.24, 2.45) is 0 Å². The van der Waals surface area contributed by atoms with Crippen molar-refractivity contribution in [3.8, 4) is 0 Å². The lowest BCUT2D eigenvalue weighted by atomic mass is 10.2. The molecule has 0 saturated heterocycles. The van der Waals surface area contributed by atoms with Crippen LogP contribution in [0.4, 0.5) is 11.5 Å². The number of nitrogens with zero attached hydrogens (tertiary/aromatic N) is 3. The van der Waals surface area contributed by atoms with Crippen molar-refractivity contribution in [3.05, 3.63) is 65.0 Å². The molecule has 0 fully saturated rings. The number of nitrogens with one attached hydrogen (secondary N) is 1. The second kappa shape index (κ2) is 9.37. The van der Waals surface area contributed by atoms with E-state index in [1.165, 1.54) is 0 Å². The molecule has 0 aliphatic carbocycles. The molecule has 1 N–H and O–H groups in total. The Hall–Kier alpha value is -3.15. The minimum atomic E-state index is -0.681. The van der Waals surface area contributed by atoms with E-state index in [1.54, 1.807) is 11.5 Å². The maximum Gasteiger partial charge on any atom is 0.294 e. The van der Waals surface area contributed by atoms with Gasteiger partial charge in [-0.1, -0.05) is 44.2 Å². The van der Waals surface area contributed by atoms with E-state index in [-0.39, 0.29) is 11.5 Å². The molecule has 6 heteroatoms. The van der Waals surface area contributed by atoms with Crippen molar-refractivity contribution >= 4 is 28.4 Å². The summed E-state index contributed by atoms with van der Waals surface area (Å²) >= 11 is 0. The number of fused-ring (bicyclic) bond motifs is 1. The third-order valence-corrected chi connectivity index (χ3v) is 4.87. The lowest BCUT2D eigenvalue weighted by Crippen LogP contribution is -2.38. The van der Waals surface area contributed by atoms with Crippen LogP contribution in [0.1, 0.15) is 39.7 Å². The topological polar surface area (TPSA) is 67.2 Å². The van der Waals surface area contributed by atoms with Crippen LogP contribution in [0, 0.1) is 0 Å². The third kappa shape index (κ3) is 4.47. The van der Waals surface area contributed by atoms with Gasteiger partial charge in [-0.25, -0.2) is 4.98 Å². The van der Waals surface area contributed by atoms with Gasteiger partial charge in [0.25, 0.3) is 5.56 Å². The van der Waals surface area contributed by atoms with E-state index >= 15 is 0 Å². The molecule has 1 amide bonds. The molecule has 0 bridgehead atoms. The minimum absolute atomic E-state index is 0.235. The van der Waals surface area contributed by atoms with Crippen LogP contribution in [0.5, 0.6) is 0 Å². The molecule has 1 aromatic heterocycles. The van der Waals surface area contributed by atoms with Crippen LogP contribution in [-0.2, 0) is 4.79 Å². The highest BCUT2D eigenvalue weighted by atomic mass is 16.2. The van der Waals surface area contributed by atoms with Crippen LogP contribution in [0.25, 0.3) is 11.0 Å². The molecule has 0 unspecified atom stereocenters. The summed E-state index contributed by atoms with van der Waals surface area (Å²) in [6, 6.07) is 16.1. The first-order valence-corrected chi connectivity index (χ1v) is 10.2. The van der Waals surface area contributed by atoms with Crippen molar-refractivity contribution in [1.29, 1.82) is 0 Å². The van der Waals surface area contributed by atoms with Crippen LogP contribution in [0.15, 0.2) is 59.4 Å². The molecule has 0 aliphatic heterocycles. The van der Waals surface area contributed by atoms with E-state index in [0.717, 1.165) is 25.9 Å². The monoisotopic (exact) mass is 392 g/mol. The number of benzene rings is 2. The van der Waals surface area contributed by atoms with E-state index in [0.29, 0.717) is 22.5 Å². The van der Waals surface area contributed by atoms with Gasteiger partial charge in [0.1, 0.15) is 6.04 Å². The fourth-order valence-corrected chi connectivity index (χ4v) is 3.48. The molecule has 0 saturated carbocycles. The first-order valence-electron chi connectivity index (χ1n) is 10.2. The Labute approximate surface area is 171 Å². The average Bonchev–Trinajstić information content (AvgIpc) is 2.73. The number of carbonyl (C=O) groups excluding carboxylic acids is 1. The number of amides is 1. The Morgan fingerprint density at radius 2 is 1.66 bits per heavy atom. The number of rotatable bonds is 8. The summed E-state index contributed by atoms with van der Waals surface area (Å²) in [5.74, 6) is 0.171.